The summed E-state index contributed by atoms with van der Waals surface area (Å²) >= 11 is 0. The van der Waals surface area contributed by atoms with E-state index in [-0.39, 0.29) is 12.3 Å². The molecule has 0 spiro atoms. The summed E-state index contributed by atoms with van der Waals surface area (Å²) in [5.74, 6) is -0.178. The first-order valence-electron chi connectivity index (χ1n) is 11.1. The van der Waals surface area contributed by atoms with Crippen LogP contribution in [0.25, 0.3) is 0 Å². The maximum atomic E-state index is 13.3. The van der Waals surface area contributed by atoms with Gasteiger partial charge in [0.05, 0.1) is 25.4 Å². The van der Waals surface area contributed by atoms with Gasteiger partial charge in [0, 0.05) is 38.8 Å². The molecule has 0 aliphatic carbocycles. The highest BCUT2D eigenvalue weighted by molar-refractivity contribution is 6.07. The van der Waals surface area contributed by atoms with E-state index in [2.05, 4.69) is 15.1 Å². The third-order valence-electron chi connectivity index (χ3n) is 6.44. The monoisotopic (exact) mass is 472 g/mol. The fourth-order valence-electron chi connectivity index (χ4n) is 4.51. The number of carbonyl (C=O) groups excluding carboxylic acids is 2. The topological polar surface area (TPSA) is 106 Å². The molecule has 2 aromatic rings. The molecule has 34 heavy (non-hydrogen) atoms. The molecule has 0 saturated carbocycles. The zero-order chi connectivity index (χ0) is 24.5. The van der Waals surface area contributed by atoms with Crippen LogP contribution >= 0.6 is 0 Å². The molecule has 2 saturated heterocycles. The van der Waals surface area contributed by atoms with Gasteiger partial charge in [-0.25, -0.2) is 9.18 Å². The van der Waals surface area contributed by atoms with Crippen LogP contribution in [0.4, 0.5) is 14.9 Å². The van der Waals surface area contributed by atoms with E-state index in [1.807, 2.05) is 6.07 Å². The van der Waals surface area contributed by atoms with Gasteiger partial charge < -0.3 is 25.2 Å². The molecule has 0 aromatic heterocycles. The molecule has 3 amide bonds. The second-order valence-electron chi connectivity index (χ2n) is 8.78. The summed E-state index contributed by atoms with van der Waals surface area (Å²) in [7, 11) is 1.56. The molecular formula is C24H29FN4O5. The quantitative estimate of drug-likeness (QED) is 0.525. The minimum Gasteiger partial charge on any atom is -0.508 e. The van der Waals surface area contributed by atoms with Gasteiger partial charge in [-0.1, -0.05) is 12.1 Å². The number of hydrogen-bond donors (Lipinski definition) is 3. The summed E-state index contributed by atoms with van der Waals surface area (Å²) in [4.78, 5) is 30.8. The fraction of sp³-hybridized carbons (Fsp3) is 0.417. The van der Waals surface area contributed by atoms with Gasteiger partial charge in [-0.3, -0.25) is 14.6 Å². The number of carbonyl (C=O) groups is 2. The lowest BCUT2D eigenvalue weighted by atomic mass is 9.92. The van der Waals surface area contributed by atoms with E-state index in [0.717, 1.165) is 10.6 Å². The number of nitrogens with zero attached hydrogens (tertiary/aromatic N) is 3. The molecule has 4 rings (SSSR count). The summed E-state index contributed by atoms with van der Waals surface area (Å²) in [6.07, 6.45) is -0.917. The van der Waals surface area contributed by atoms with Crippen LogP contribution in [0, 0.1) is 5.82 Å². The number of aliphatic hydroxyl groups excluding tert-OH is 1. The summed E-state index contributed by atoms with van der Waals surface area (Å²) in [5.41, 5.74) is 0.0594. The van der Waals surface area contributed by atoms with E-state index in [1.165, 1.54) is 24.3 Å². The third-order valence-corrected chi connectivity index (χ3v) is 6.44. The van der Waals surface area contributed by atoms with Crippen molar-refractivity contribution in [3.05, 3.63) is 53.8 Å². The predicted molar refractivity (Wildman–Crippen MR) is 123 cm³/mol. The zero-order valence-electron chi connectivity index (χ0n) is 19.2. The van der Waals surface area contributed by atoms with E-state index < -0.39 is 29.4 Å². The van der Waals surface area contributed by atoms with Crippen molar-refractivity contribution in [3.8, 4) is 11.5 Å². The minimum atomic E-state index is -1.31. The Hall–Kier alpha value is -3.37. The van der Waals surface area contributed by atoms with Gasteiger partial charge in [0.1, 0.15) is 22.9 Å². The Morgan fingerprint density at radius 3 is 2.41 bits per heavy atom. The summed E-state index contributed by atoms with van der Waals surface area (Å²) < 4.78 is 18.6. The first kappa shape index (κ1) is 23.8. The van der Waals surface area contributed by atoms with E-state index in [1.54, 1.807) is 26.2 Å². The molecule has 0 radical (unpaired) electrons. The number of urea groups is 1. The molecule has 3 N–H and O–H groups in total. The van der Waals surface area contributed by atoms with Crippen LogP contribution in [-0.4, -0.2) is 84.4 Å². The molecule has 2 heterocycles. The molecule has 2 unspecified atom stereocenters. The molecule has 9 nitrogen and oxygen atoms in total. The molecule has 182 valence electrons. The number of phenols is 1. The van der Waals surface area contributed by atoms with Crippen LogP contribution in [0.5, 0.6) is 11.5 Å². The van der Waals surface area contributed by atoms with Crippen LogP contribution < -0.4 is 15.0 Å². The van der Waals surface area contributed by atoms with Crippen molar-refractivity contribution in [1.82, 2.24) is 15.1 Å². The average molecular weight is 473 g/mol. The maximum absolute atomic E-state index is 13.3. The number of benzene rings is 2. The molecule has 2 aliphatic heterocycles. The SMILES string of the molecule is COc1cc(O)ccc1N1CCN(CC(O)CN2C(=O)NC(C)(c3ccc(F)cc3)C2=O)CC1. The highest BCUT2D eigenvalue weighted by atomic mass is 19.1. The molecular weight excluding hydrogens is 443 g/mol. The van der Waals surface area contributed by atoms with Crippen molar-refractivity contribution in [2.75, 3.05) is 51.3 Å². The van der Waals surface area contributed by atoms with E-state index >= 15 is 0 Å². The van der Waals surface area contributed by atoms with Crippen molar-refractivity contribution in [3.63, 3.8) is 0 Å². The number of nitrogens with one attached hydrogen (secondary N) is 1. The molecule has 0 bridgehead atoms. The maximum Gasteiger partial charge on any atom is 0.325 e. The van der Waals surface area contributed by atoms with Gasteiger partial charge in [0.15, 0.2) is 0 Å². The van der Waals surface area contributed by atoms with Gasteiger partial charge in [0.2, 0.25) is 0 Å². The number of ether oxygens (including phenoxy) is 1. The summed E-state index contributed by atoms with van der Waals surface area (Å²) in [6.45, 7) is 4.49. The lowest BCUT2D eigenvalue weighted by molar-refractivity contribution is -0.132. The van der Waals surface area contributed by atoms with Crippen molar-refractivity contribution >= 4 is 17.6 Å². The minimum absolute atomic E-state index is 0.131. The van der Waals surface area contributed by atoms with E-state index in [4.69, 9.17) is 4.74 Å². The zero-order valence-corrected chi connectivity index (χ0v) is 19.2. The first-order chi connectivity index (χ1) is 16.2. The van der Waals surface area contributed by atoms with Crippen molar-refractivity contribution in [1.29, 1.82) is 0 Å². The van der Waals surface area contributed by atoms with Gasteiger partial charge in [-0.2, -0.15) is 0 Å². The Morgan fingerprint density at radius 1 is 1.09 bits per heavy atom. The number of methoxy groups -OCH3 is 1. The van der Waals surface area contributed by atoms with E-state index in [0.29, 0.717) is 44.0 Å². The van der Waals surface area contributed by atoms with Crippen LogP contribution in [-0.2, 0) is 10.3 Å². The molecule has 2 aromatic carbocycles. The Labute approximate surface area is 197 Å². The third kappa shape index (κ3) is 4.64. The molecule has 2 fully saturated rings. The normalized spacial score (nSPS) is 22.1. The van der Waals surface area contributed by atoms with Crippen LogP contribution in [0.2, 0.25) is 0 Å². The number of halogens is 1. The fourth-order valence-corrected chi connectivity index (χ4v) is 4.51. The number of aromatic hydroxyl groups is 1. The highest BCUT2D eigenvalue weighted by Gasteiger charge is 2.49. The Bertz CT molecular complexity index is 1060. The number of aliphatic hydroxyl groups is 1. The second kappa shape index (κ2) is 9.47. The van der Waals surface area contributed by atoms with E-state index in [9.17, 15) is 24.2 Å². The van der Waals surface area contributed by atoms with Crippen molar-refractivity contribution in [2.45, 2.75) is 18.6 Å². The Balaban J connectivity index is 1.33. The summed E-state index contributed by atoms with van der Waals surface area (Å²) in [5, 5.41) is 23.0. The van der Waals surface area contributed by atoms with Crippen LogP contribution in [0.3, 0.4) is 0 Å². The smallest absolute Gasteiger partial charge is 0.325 e. The number of phenolic OH excluding ortho intramolecular Hbond substituents is 1. The molecule has 2 atom stereocenters. The number of amides is 3. The number of anilines is 1. The predicted octanol–water partition coefficient (Wildman–Crippen LogP) is 1.49. The van der Waals surface area contributed by atoms with Gasteiger partial charge in [-0.15, -0.1) is 0 Å². The number of β-amino-alcohol motifs (C(OH)–C–C–N with tert-alkyl or cyclic N) is 1. The van der Waals surface area contributed by atoms with Gasteiger partial charge in [-0.05, 0) is 36.8 Å². The lowest BCUT2D eigenvalue weighted by Gasteiger charge is -2.37. The van der Waals surface area contributed by atoms with Crippen LogP contribution in [0.1, 0.15) is 12.5 Å². The number of imide groups is 1. The number of hydrogen-bond acceptors (Lipinski definition) is 7. The number of piperazine rings is 1. The average Bonchev–Trinajstić information content (AvgIpc) is 3.03. The Kier molecular flexibility index (Phi) is 6.63. The standard InChI is InChI=1S/C24H29FN4O5/c1-24(16-3-5-17(25)6-4-16)22(32)29(23(33)26-24)15-19(31)14-27-9-11-28(12-10-27)20-8-7-18(30)13-21(20)34-2/h3-8,13,19,30-31H,9-12,14-15H2,1-2H3,(H,26,33). The van der Waals surface area contributed by atoms with Crippen molar-refractivity contribution < 1.29 is 28.9 Å². The Morgan fingerprint density at radius 2 is 1.76 bits per heavy atom. The molecule has 2 aliphatic rings. The van der Waals surface area contributed by atoms with Gasteiger partial charge >= 0.3 is 6.03 Å². The second-order valence-corrected chi connectivity index (χ2v) is 8.78. The number of rotatable bonds is 7. The van der Waals surface area contributed by atoms with Crippen molar-refractivity contribution in [2.24, 2.45) is 0 Å². The van der Waals surface area contributed by atoms with Gasteiger partial charge in [0.25, 0.3) is 5.91 Å². The molecule has 10 heteroatoms. The first-order valence-corrected chi connectivity index (χ1v) is 11.1. The van der Waals surface area contributed by atoms with Crippen LogP contribution in [0.15, 0.2) is 42.5 Å². The lowest BCUT2D eigenvalue weighted by Crippen LogP contribution is -2.50. The summed E-state index contributed by atoms with van der Waals surface area (Å²) in [6, 6.07) is 9.84. The largest absolute Gasteiger partial charge is 0.508 e. The highest BCUT2D eigenvalue weighted by Crippen LogP contribution is 2.32.